The molecule has 0 radical (unpaired) electrons. The van der Waals surface area contributed by atoms with Crippen molar-refractivity contribution in [3.8, 4) is 0 Å². The molecule has 1 aliphatic heterocycles. The van der Waals surface area contributed by atoms with Gasteiger partial charge in [0, 0.05) is 19.6 Å². The van der Waals surface area contributed by atoms with E-state index in [0.717, 1.165) is 25.6 Å². The highest BCUT2D eigenvalue weighted by Crippen LogP contribution is 2.44. The first-order valence-corrected chi connectivity index (χ1v) is 7.12. The molecular weight excluding hydrogens is 238 g/mol. The highest BCUT2D eigenvalue weighted by molar-refractivity contribution is 5.73. The monoisotopic (exact) mass is 259 g/mol. The highest BCUT2D eigenvalue weighted by atomic mass is 16.5. The van der Waals surface area contributed by atoms with Crippen LogP contribution in [0.2, 0.25) is 0 Å². The molecule has 19 heavy (non-hydrogen) atoms. The van der Waals surface area contributed by atoms with Gasteiger partial charge in [-0.25, -0.2) is 0 Å². The number of rotatable bonds is 4. The number of nitrogens with zero attached hydrogens (tertiary/aromatic N) is 1. The minimum Gasteiger partial charge on any atom is -0.469 e. The van der Waals surface area contributed by atoms with E-state index in [1.54, 1.807) is 0 Å². The van der Waals surface area contributed by atoms with Crippen LogP contribution in [-0.4, -0.2) is 31.1 Å². The van der Waals surface area contributed by atoms with E-state index in [1.165, 1.54) is 25.5 Å². The maximum atomic E-state index is 11.9. The predicted molar refractivity (Wildman–Crippen MR) is 73.4 cm³/mol. The van der Waals surface area contributed by atoms with Crippen molar-refractivity contribution in [1.29, 1.82) is 0 Å². The van der Waals surface area contributed by atoms with E-state index in [4.69, 9.17) is 4.74 Å². The number of ether oxygens (including phenoxy) is 1. The zero-order valence-corrected chi connectivity index (χ0v) is 11.4. The summed E-state index contributed by atoms with van der Waals surface area (Å²) in [6.45, 7) is 2.83. The lowest BCUT2D eigenvalue weighted by Gasteiger charge is -2.15. The average Bonchev–Trinajstić information content (AvgIpc) is 3.21. The molecule has 1 aliphatic carbocycles. The fraction of sp³-hybridized carbons (Fsp3) is 0.562. The summed E-state index contributed by atoms with van der Waals surface area (Å²) in [5, 5.41) is 0. The SMILES string of the molecule is COC(=O)[C@@H]1CN(Cc2ccccc2)C[C@@H]1C1CC1. The van der Waals surface area contributed by atoms with Gasteiger partial charge in [0.25, 0.3) is 0 Å². The molecule has 3 nitrogen and oxygen atoms in total. The molecule has 3 heteroatoms. The summed E-state index contributed by atoms with van der Waals surface area (Å²) in [7, 11) is 1.51. The summed E-state index contributed by atoms with van der Waals surface area (Å²) < 4.78 is 4.98. The third-order valence-electron chi connectivity index (χ3n) is 4.42. The van der Waals surface area contributed by atoms with Gasteiger partial charge in [-0.2, -0.15) is 0 Å². The molecule has 0 aromatic heterocycles. The number of esters is 1. The van der Waals surface area contributed by atoms with E-state index in [-0.39, 0.29) is 11.9 Å². The lowest BCUT2D eigenvalue weighted by Crippen LogP contribution is -2.25. The summed E-state index contributed by atoms with van der Waals surface area (Å²) >= 11 is 0. The first-order chi connectivity index (χ1) is 9.28. The average molecular weight is 259 g/mol. The molecule has 0 spiro atoms. The van der Waals surface area contributed by atoms with Crippen molar-refractivity contribution in [2.75, 3.05) is 20.2 Å². The molecule has 102 valence electrons. The highest BCUT2D eigenvalue weighted by Gasteiger charge is 2.45. The van der Waals surface area contributed by atoms with E-state index in [1.807, 2.05) is 6.07 Å². The van der Waals surface area contributed by atoms with Gasteiger partial charge in [-0.05, 0) is 30.2 Å². The Kier molecular flexibility index (Phi) is 3.56. The number of methoxy groups -OCH3 is 1. The zero-order chi connectivity index (χ0) is 13.2. The van der Waals surface area contributed by atoms with Crippen LogP contribution in [0.4, 0.5) is 0 Å². The van der Waals surface area contributed by atoms with Gasteiger partial charge >= 0.3 is 5.97 Å². The molecule has 0 amide bonds. The minimum absolute atomic E-state index is 0.0209. The summed E-state index contributed by atoms with van der Waals surface area (Å²) in [6.07, 6.45) is 2.58. The lowest BCUT2D eigenvalue weighted by atomic mass is 9.92. The van der Waals surface area contributed by atoms with Gasteiger partial charge in [0.05, 0.1) is 13.0 Å². The van der Waals surface area contributed by atoms with E-state index in [2.05, 4.69) is 29.2 Å². The summed E-state index contributed by atoms with van der Waals surface area (Å²) in [6, 6.07) is 10.5. The Hall–Kier alpha value is -1.35. The standard InChI is InChI=1S/C16H21NO2/c1-19-16(18)15-11-17(10-14(15)13-7-8-13)9-12-5-3-2-4-6-12/h2-6,13-15H,7-11H2,1H3/t14-,15-/m1/s1. The second kappa shape index (κ2) is 5.33. The Morgan fingerprint density at radius 3 is 2.63 bits per heavy atom. The van der Waals surface area contributed by atoms with E-state index >= 15 is 0 Å². The summed E-state index contributed by atoms with van der Waals surface area (Å²) in [5.41, 5.74) is 1.32. The normalized spacial score (nSPS) is 27.4. The first kappa shape index (κ1) is 12.7. The fourth-order valence-corrected chi connectivity index (χ4v) is 3.29. The molecule has 1 saturated carbocycles. The van der Waals surface area contributed by atoms with Gasteiger partial charge in [-0.15, -0.1) is 0 Å². The van der Waals surface area contributed by atoms with Crippen LogP contribution in [0.3, 0.4) is 0 Å². The minimum atomic E-state index is -0.0209. The molecule has 1 heterocycles. The summed E-state index contributed by atoms with van der Waals surface area (Å²) in [5.74, 6) is 1.33. The van der Waals surface area contributed by atoms with Crippen molar-refractivity contribution in [3.05, 3.63) is 35.9 Å². The van der Waals surface area contributed by atoms with Crippen LogP contribution in [0.15, 0.2) is 30.3 Å². The number of likely N-dealkylation sites (tertiary alicyclic amines) is 1. The van der Waals surface area contributed by atoms with Gasteiger partial charge in [-0.3, -0.25) is 9.69 Å². The molecule has 1 saturated heterocycles. The molecule has 3 rings (SSSR count). The molecule has 2 fully saturated rings. The van der Waals surface area contributed by atoms with E-state index < -0.39 is 0 Å². The largest absolute Gasteiger partial charge is 0.469 e. The van der Waals surface area contributed by atoms with Crippen molar-refractivity contribution < 1.29 is 9.53 Å². The number of hydrogen-bond donors (Lipinski definition) is 0. The Labute approximate surface area is 114 Å². The van der Waals surface area contributed by atoms with Crippen molar-refractivity contribution in [2.45, 2.75) is 19.4 Å². The number of benzene rings is 1. The van der Waals surface area contributed by atoms with Crippen LogP contribution >= 0.6 is 0 Å². The van der Waals surface area contributed by atoms with Gasteiger partial charge < -0.3 is 4.74 Å². The number of carbonyl (C=O) groups is 1. The van der Waals surface area contributed by atoms with E-state index in [0.29, 0.717) is 5.92 Å². The van der Waals surface area contributed by atoms with Gasteiger partial charge in [0.2, 0.25) is 0 Å². The second-order valence-electron chi connectivity index (χ2n) is 5.81. The van der Waals surface area contributed by atoms with Crippen LogP contribution in [0.1, 0.15) is 18.4 Å². The first-order valence-electron chi connectivity index (χ1n) is 7.12. The predicted octanol–water partition coefficient (Wildman–Crippen LogP) is 2.32. The van der Waals surface area contributed by atoms with E-state index in [9.17, 15) is 4.79 Å². The van der Waals surface area contributed by atoms with Crippen molar-refractivity contribution in [3.63, 3.8) is 0 Å². The molecule has 0 unspecified atom stereocenters. The quantitative estimate of drug-likeness (QED) is 0.777. The smallest absolute Gasteiger partial charge is 0.310 e. The van der Waals surface area contributed by atoms with Crippen molar-refractivity contribution in [1.82, 2.24) is 4.90 Å². The molecular formula is C16H21NO2. The zero-order valence-electron chi connectivity index (χ0n) is 11.4. The summed E-state index contributed by atoms with van der Waals surface area (Å²) in [4.78, 5) is 14.3. The topological polar surface area (TPSA) is 29.5 Å². The molecule has 2 aliphatic rings. The second-order valence-corrected chi connectivity index (χ2v) is 5.81. The van der Waals surface area contributed by atoms with Crippen LogP contribution in [0.25, 0.3) is 0 Å². The third kappa shape index (κ3) is 2.81. The Balaban J connectivity index is 1.66. The van der Waals surface area contributed by atoms with Crippen LogP contribution in [-0.2, 0) is 16.1 Å². The Bertz CT molecular complexity index is 441. The molecule has 0 N–H and O–H groups in total. The molecule has 0 bridgehead atoms. The third-order valence-corrected chi connectivity index (χ3v) is 4.42. The van der Waals surface area contributed by atoms with Crippen LogP contribution < -0.4 is 0 Å². The van der Waals surface area contributed by atoms with Crippen LogP contribution in [0, 0.1) is 17.8 Å². The lowest BCUT2D eigenvalue weighted by molar-refractivity contribution is -0.146. The fourth-order valence-electron chi connectivity index (χ4n) is 3.29. The molecule has 1 aromatic rings. The maximum Gasteiger partial charge on any atom is 0.310 e. The Morgan fingerprint density at radius 1 is 1.26 bits per heavy atom. The van der Waals surface area contributed by atoms with Crippen molar-refractivity contribution in [2.24, 2.45) is 17.8 Å². The molecule has 1 aromatic carbocycles. The van der Waals surface area contributed by atoms with Crippen LogP contribution in [0.5, 0.6) is 0 Å². The maximum absolute atomic E-state index is 11.9. The Morgan fingerprint density at radius 2 is 2.00 bits per heavy atom. The van der Waals surface area contributed by atoms with Gasteiger partial charge in [0.15, 0.2) is 0 Å². The van der Waals surface area contributed by atoms with Crippen molar-refractivity contribution >= 4 is 5.97 Å². The van der Waals surface area contributed by atoms with Gasteiger partial charge in [-0.1, -0.05) is 30.3 Å². The van der Waals surface area contributed by atoms with Gasteiger partial charge in [0.1, 0.15) is 0 Å². The number of carbonyl (C=O) groups excluding carboxylic acids is 1. The molecule has 2 atom stereocenters. The number of hydrogen-bond acceptors (Lipinski definition) is 3.